The maximum Gasteiger partial charge on any atom is 0.240 e. The van der Waals surface area contributed by atoms with Crippen LogP contribution in [0.3, 0.4) is 0 Å². The molecule has 1 aliphatic rings. The second-order valence-electron chi connectivity index (χ2n) is 4.05. The van der Waals surface area contributed by atoms with Gasteiger partial charge in [-0.05, 0) is 19.4 Å². The number of carbonyl (C=O) groups is 1. The molecule has 1 fully saturated rings. The minimum atomic E-state index is -0.00755. The predicted molar refractivity (Wildman–Crippen MR) is 58.6 cm³/mol. The second kappa shape index (κ2) is 5.12. The number of carbonyl (C=O) groups excluding carboxylic acids is 1. The number of likely N-dealkylation sites (tertiary alicyclic amines) is 1. The Morgan fingerprint density at radius 1 is 1.69 bits per heavy atom. The average molecular weight is 223 g/mol. The molecule has 0 aromatic carbocycles. The fourth-order valence-electron chi connectivity index (χ4n) is 1.92. The van der Waals surface area contributed by atoms with Crippen LogP contribution >= 0.6 is 0 Å². The topological polar surface area (TPSA) is 58.4 Å². The molecule has 5 heteroatoms. The largest absolute Gasteiger partial charge is 0.364 e. The summed E-state index contributed by atoms with van der Waals surface area (Å²) in [6.07, 6.45) is 3.46. The van der Waals surface area contributed by atoms with Crippen LogP contribution in [0.15, 0.2) is 16.9 Å². The van der Waals surface area contributed by atoms with Gasteiger partial charge in [-0.15, -0.1) is 0 Å². The Hall–Kier alpha value is -1.36. The molecule has 1 aromatic heterocycles. The van der Waals surface area contributed by atoms with Crippen molar-refractivity contribution in [2.45, 2.75) is 32.4 Å². The molecular formula is C11H17N3O2. The van der Waals surface area contributed by atoms with Gasteiger partial charge < -0.3 is 14.7 Å². The molecule has 1 atom stereocenters. The van der Waals surface area contributed by atoms with E-state index in [0.29, 0.717) is 6.54 Å². The van der Waals surface area contributed by atoms with E-state index in [2.05, 4.69) is 17.4 Å². The van der Waals surface area contributed by atoms with Crippen molar-refractivity contribution < 1.29 is 9.32 Å². The molecule has 1 amide bonds. The van der Waals surface area contributed by atoms with Crippen molar-refractivity contribution in [1.82, 2.24) is 15.4 Å². The van der Waals surface area contributed by atoms with E-state index in [1.807, 2.05) is 4.90 Å². The van der Waals surface area contributed by atoms with Gasteiger partial charge in [0.1, 0.15) is 12.0 Å². The third-order valence-corrected chi connectivity index (χ3v) is 2.78. The van der Waals surface area contributed by atoms with E-state index >= 15 is 0 Å². The molecule has 88 valence electrons. The van der Waals surface area contributed by atoms with Crippen molar-refractivity contribution in [2.24, 2.45) is 0 Å². The number of rotatable bonds is 5. The number of amides is 1. The summed E-state index contributed by atoms with van der Waals surface area (Å²) in [5, 5.41) is 7.07. The van der Waals surface area contributed by atoms with Crippen molar-refractivity contribution in [3.8, 4) is 0 Å². The van der Waals surface area contributed by atoms with Crippen LogP contribution in [0, 0.1) is 0 Å². The first-order valence-electron chi connectivity index (χ1n) is 5.72. The summed E-state index contributed by atoms with van der Waals surface area (Å²) in [5.41, 5.74) is 0.810. The Morgan fingerprint density at radius 3 is 3.25 bits per heavy atom. The van der Waals surface area contributed by atoms with Crippen molar-refractivity contribution in [1.29, 1.82) is 0 Å². The van der Waals surface area contributed by atoms with E-state index in [-0.39, 0.29) is 11.9 Å². The minimum absolute atomic E-state index is 0.00755. The lowest BCUT2D eigenvalue weighted by atomic mass is 10.2. The van der Waals surface area contributed by atoms with E-state index in [9.17, 15) is 4.79 Å². The van der Waals surface area contributed by atoms with Crippen LogP contribution in [-0.2, 0) is 11.3 Å². The Bertz CT molecular complexity index is 337. The first-order chi connectivity index (χ1) is 7.81. The summed E-state index contributed by atoms with van der Waals surface area (Å²) in [5.74, 6) is 0.177. The Balaban J connectivity index is 1.87. The lowest BCUT2D eigenvalue weighted by molar-refractivity contribution is -0.130. The highest BCUT2D eigenvalue weighted by Gasteiger charge is 2.31. The van der Waals surface area contributed by atoms with Crippen molar-refractivity contribution in [3.05, 3.63) is 18.0 Å². The van der Waals surface area contributed by atoms with Gasteiger partial charge in [0.25, 0.3) is 0 Å². The van der Waals surface area contributed by atoms with Crippen LogP contribution < -0.4 is 5.32 Å². The summed E-state index contributed by atoms with van der Waals surface area (Å²) in [7, 11) is 0. The second-order valence-corrected chi connectivity index (χ2v) is 4.05. The monoisotopic (exact) mass is 223 g/mol. The van der Waals surface area contributed by atoms with E-state index in [4.69, 9.17) is 4.52 Å². The lowest BCUT2D eigenvalue weighted by Crippen LogP contribution is -2.38. The summed E-state index contributed by atoms with van der Waals surface area (Å²) < 4.78 is 4.75. The van der Waals surface area contributed by atoms with Gasteiger partial charge in [0.2, 0.25) is 5.91 Å². The standard InChI is InChI=1S/C11H17N3O2/c1-2-5-12-10-3-6-14(11(10)15)8-9-4-7-16-13-9/h4,7,10,12H,2-3,5-6,8H2,1H3. The summed E-state index contributed by atoms with van der Waals surface area (Å²) in [6.45, 7) is 4.35. The molecule has 1 aliphatic heterocycles. The average Bonchev–Trinajstić information content (AvgIpc) is 2.89. The quantitative estimate of drug-likeness (QED) is 0.801. The SMILES string of the molecule is CCCNC1CCN(Cc2ccon2)C1=O. The van der Waals surface area contributed by atoms with E-state index < -0.39 is 0 Å². The van der Waals surface area contributed by atoms with Crippen LogP contribution in [0.2, 0.25) is 0 Å². The first-order valence-corrected chi connectivity index (χ1v) is 5.72. The maximum atomic E-state index is 11.9. The Labute approximate surface area is 94.8 Å². The number of hydrogen-bond donors (Lipinski definition) is 1. The molecular weight excluding hydrogens is 206 g/mol. The fraction of sp³-hybridized carbons (Fsp3) is 0.636. The molecule has 0 radical (unpaired) electrons. The van der Waals surface area contributed by atoms with Crippen molar-refractivity contribution in [2.75, 3.05) is 13.1 Å². The molecule has 16 heavy (non-hydrogen) atoms. The van der Waals surface area contributed by atoms with Crippen LogP contribution in [0.25, 0.3) is 0 Å². The molecule has 5 nitrogen and oxygen atoms in total. The third-order valence-electron chi connectivity index (χ3n) is 2.78. The number of hydrogen-bond acceptors (Lipinski definition) is 4. The molecule has 0 spiro atoms. The molecule has 2 heterocycles. The fourth-order valence-corrected chi connectivity index (χ4v) is 1.92. The van der Waals surface area contributed by atoms with Crippen LogP contribution in [0.4, 0.5) is 0 Å². The van der Waals surface area contributed by atoms with Crippen LogP contribution in [-0.4, -0.2) is 35.1 Å². The molecule has 0 aliphatic carbocycles. The highest BCUT2D eigenvalue weighted by Crippen LogP contribution is 2.14. The zero-order chi connectivity index (χ0) is 11.4. The van der Waals surface area contributed by atoms with E-state index in [0.717, 1.165) is 31.6 Å². The van der Waals surface area contributed by atoms with Gasteiger partial charge in [0.05, 0.1) is 12.6 Å². The first kappa shape index (κ1) is 11.1. The highest BCUT2D eigenvalue weighted by molar-refractivity contribution is 5.83. The summed E-state index contributed by atoms with van der Waals surface area (Å²) in [4.78, 5) is 13.8. The van der Waals surface area contributed by atoms with Gasteiger partial charge >= 0.3 is 0 Å². The Morgan fingerprint density at radius 2 is 2.56 bits per heavy atom. The normalized spacial score (nSPS) is 20.7. The van der Waals surface area contributed by atoms with Gasteiger partial charge in [-0.25, -0.2) is 0 Å². The van der Waals surface area contributed by atoms with Gasteiger partial charge in [0, 0.05) is 12.6 Å². The number of nitrogens with zero attached hydrogens (tertiary/aromatic N) is 2. The number of aromatic nitrogens is 1. The zero-order valence-electron chi connectivity index (χ0n) is 9.48. The van der Waals surface area contributed by atoms with Gasteiger partial charge in [-0.3, -0.25) is 4.79 Å². The van der Waals surface area contributed by atoms with Crippen LogP contribution in [0.1, 0.15) is 25.5 Å². The molecule has 1 aromatic rings. The zero-order valence-corrected chi connectivity index (χ0v) is 9.48. The minimum Gasteiger partial charge on any atom is -0.364 e. The maximum absolute atomic E-state index is 11.9. The van der Waals surface area contributed by atoms with E-state index in [1.54, 1.807) is 6.07 Å². The molecule has 1 saturated heterocycles. The van der Waals surface area contributed by atoms with Crippen LogP contribution in [0.5, 0.6) is 0 Å². The molecule has 1 N–H and O–H groups in total. The van der Waals surface area contributed by atoms with E-state index in [1.165, 1.54) is 6.26 Å². The lowest BCUT2D eigenvalue weighted by Gasteiger charge is -2.15. The summed E-state index contributed by atoms with van der Waals surface area (Å²) >= 11 is 0. The predicted octanol–water partition coefficient (Wildman–Crippen LogP) is 0.775. The third kappa shape index (κ3) is 2.41. The van der Waals surface area contributed by atoms with Crippen molar-refractivity contribution in [3.63, 3.8) is 0 Å². The number of nitrogens with one attached hydrogen (secondary N) is 1. The highest BCUT2D eigenvalue weighted by atomic mass is 16.5. The Kier molecular flexibility index (Phi) is 3.56. The molecule has 0 bridgehead atoms. The van der Waals surface area contributed by atoms with Gasteiger partial charge in [-0.1, -0.05) is 12.1 Å². The molecule has 0 saturated carbocycles. The summed E-state index contributed by atoms with van der Waals surface area (Å²) in [6, 6.07) is 1.78. The van der Waals surface area contributed by atoms with Crippen molar-refractivity contribution >= 4 is 5.91 Å². The van der Waals surface area contributed by atoms with Gasteiger partial charge in [-0.2, -0.15) is 0 Å². The molecule has 1 unspecified atom stereocenters. The molecule has 2 rings (SSSR count). The van der Waals surface area contributed by atoms with Gasteiger partial charge in [0.15, 0.2) is 0 Å². The smallest absolute Gasteiger partial charge is 0.240 e.